The van der Waals surface area contributed by atoms with Crippen LogP contribution < -0.4 is 16.0 Å². The van der Waals surface area contributed by atoms with Crippen LogP contribution in [0, 0.1) is 12.8 Å². The average molecular weight is 364 g/mol. The van der Waals surface area contributed by atoms with Gasteiger partial charge in [0.25, 0.3) is 5.91 Å². The molecule has 1 aromatic rings. The van der Waals surface area contributed by atoms with Gasteiger partial charge in [0.2, 0.25) is 0 Å². The van der Waals surface area contributed by atoms with Crippen molar-refractivity contribution < 1.29 is 4.79 Å². The molecule has 134 valence electrons. The summed E-state index contributed by atoms with van der Waals surface area (Å²) in [5.74, 6) is 0.535. The van der Waals surface area contributed by atoms with Gasteiger partial charge in [-0.15, -0.1) is 24.8 Å². The van der Waals surface area contributed by atoms with Gasteiger partial charge >= 0.3 is 0 Å². The molecule has 23 heavy (non-hydrogen) atoms. The van der Waals surface area contributed by atoms with Crippen LogP contribution in [0.1, 0.15) is 43.6 Å². The topological polar surface area (TPSA) is 53.2 Å². The standard InChI is InChI=1S/C17H29N3O.2ClH/c1-6-18-10-11-19-17(21)15-8-7-9-16(13(15)4)20-14(5)12(2)3;;/h7-9,12,14,18,20H,6,10-11H2,1-5H3,(H,19,21);2*1H. The number of carbonyl (C=O) groups excluding carboxylic acids is 1. The van der Waals surface area contributed by atoms with Crippen LogP contribution >= 0.6 is 24.8 Å². The Morgan fingerprint density at radius 2 is 1.78 bits per heavy atom. The molecule has 0 radical (unpaired) electrons. The predicted molar refractivity (Wildman–Crippen MR) is 104 cm³/mol. The summed E-state index contributed by atoms with van der Waals surface area (Å²) in [7, 11) is 0. The molecule has 3 N–H and O–H groups in total. The molecule has 0 heterocycles. The first-order valence-electron chi connectivity index (χ1n) is 7.82. The lowest BCUT2D eigenvalue weighted by molar-refractivity contribution is 0.0953. The fourth-order valence-corrected chi connectivity index (χ4v) is 1.99. The maximum absolute atomic E-state index is 12.2. The number of anilines is 1. The minimum absolute atomic E-state index is 0. The number of nitrogens with one attached hydrogen (secondary N) is 3. The van der Waals surface area contributed by atoms with Crippen LogP contribution in [0.15, 0.2) is 18.2 Å². The predicted octanol–water partition coefficient (Wildman–Crippen LogP) is 3.63. The molecule has 0 bridgehead atoms. The highest BCUT2D eigenvalue weighted by molar-refractivity contribution is 5.97. The van der Waals surface area contributed by atoms with E-state index in [-0.39, 0.29) is 30.7 Å². The van der Waals surface area contributed by atoms with Crippen molar-refractivity contribution in [1.29, 1.82) is 0 Å². The lowest BCUT2D eigenvalue weighted by Crippen LogP contribution is -2.32. The van der Waals surface area contributed by atoms with Gasteiger partial charge in [-0.2, -0.15) is 0 Å². The third kappa shape index (κ3) is 7.91. The number of hydrogen-bond acceptors (Lipinski definition) is 3. The van der Waals surface area contributed by atoms with E-state index in [4.69, 9.17) is 0 Å². The number of benzene rings is 1. The normalized spacial score (nSPS) is 11.2. The summed E-state index contributed by atoms with van der Waals surface area (Å²) in [5.41, 5.74) is 2.79. The largest absolute Gasteiger partial charge is 0.382 e. The Kier molecular flexibility index (Phi) is 13.1. The molecule has 1 atom stereocenters. The fourth-order valence-electron chi connectivity index (χ4n) is 1.99. The monoisotopic (exact) mass is 363 g/mol. The maximum Gasteiger partial charge on any atom is 0.251 e. The first-order valence-corrected chi connectivity index (χ1v) is 7.82. The zero-order valence-corrected chi connectivity index (χ0v) is 16.4. The van der Waals surface area contributed by atoms with Crippen molar-refractivity contribution in [1.82, 2.24) is 10.6 Å². The Morgan fingerprint density at radius 3 is 2.35 bits per heavy atom. The lowest BCUT2D eigenvalue weighted by atomic mass is 10.0. The highest BCUT2D eigenvalue weighted by Gasteiger charge is 2.13. The third-order valence-electron chi connectivity index (χ3n) is 3.80. The van der Waals surface area contributed by atoms with E-state index in [1.54, 1.807) is 0 Å². The molecule has 0 aromatic heterocycles. The highest BCUT2D eigenvalue weighted by Crippen LogP contribution is 2.21. The van der Waals surface area contributed by atoms with E-state index < -0.39 is 0 Å². The van der Waals surface area contributed by atoms with Gasteiger partial charge in [-0.05, 0) is 44.0 Å². The van der Waals surface area contributed by atoms with E-state index >= 15 is 0 Å². The Labute approximate surface area is 153 Å². The molecule has 0 aliphatic heterocycles. The number of hydrogen-bond donors (Lipinski definition) is 3. The van der Waals surface area contributed by atoms with Crippen LogP contribution in [-0.2, 0) is 0 Å². The van der Waals surface area contributed by atoms with Crippen LogP contribution in [0.2, 0.25) is 0 Å². The smallest absolute Gasteiger partial charge is 0.251 e. The molecule has 1 aromatic carbocycles. The van der Waals surface area contributed by atoms with Gasteiger partial charge in [0.1, 0.15) is 0 Å². The van der Waals surface area contributed by atoms with Crippen molar-refractivity contribution in [3.8, 4) is 0 Å². The average Bonchev–Trinajstić information content (AvgIpc) is 2.45. The van der Waals surface area contributed by atoms with Crippen molar-refractivity contribution in [2.75, 3.05) is 25.0 Å². The first-order chi connectivity index (χ1) is 9.97. The molecule has 1 unspecified atom stereocenters. The van der Waals surface area contributed by atoms with Gasteiger partial charge < -0.3 is 16.0 Å². The molecule has 0 aliphatic carbocycles. The Bertz CT molecular complexity index is 467. The fraction of sp³-hybridized carbons (Fsp3) is 0.588. The Balaban J connectivity index is 0. The maximum atomic E-state index is 12.2. The zero-order valence-electron chi connectivity index (χ0n) is 14.7. The number of amides is 1. The van der Waals surface area contributed by atoms with Crippen LogP contribution in [0.5, 0.6) is 0 Å². The molecule has 1 amide bonds. The Hall–Kier alpha value is -0.970. The number of likely N-dealkylation sites (N-methyl/N-ethyl adjacent to an activating group) is 1. The summed E-state index contributed by atoms with van der Waals surface area (Å²) >= 11 is 0. The second kappa shape index (κ2) is 12.5. The summed E-state index contributed by atoms with van der Waals surface area (Å²) in [5, 5.41) is 9.63. The molecule has 4 nitrogen and oxygen atoms in total. The quantitative estimate of drug-likeness (QED) is 0.618. The second-order valence-corrected chi connectivity index (χ2v) is 5.76. The minimum atomic E-state index is -0.00810. The zero-order chi connectivity index (χ0) is 15.8. The summed E-state index contributed by atoms with van der Waals surface area (Å²) in [6.45, 7) is 12.9. The molecule has 0 fully saturated rings. The van der Waals surface area contributed by atoms with Crippen LogP contribution in [0.25, 0.3) is 0 Å². The second-order valence-electron chi connectivity index (χ2n) is 5.76. The van der Waals surface area contributed by atoms with E-state index in [9.17, 15) is 4.79 Å². The number of carbonyl (C=O) groups is 1. The third-order valence-corrected chi connectivity index (χ3v) is 3.80. The summed E-state index contributed by atoms with van der Waals surface area (Å²) in [4.78, 5) is 12.2. The SMILES string of the molecule is CCNCCNC(=O)c1cccc(NC(C)C(C)C)c1C.Cl.Cl. The van der Waals surface area contributed by atoms with E-state index in [2.05, 4.69) is 43.6 Å². The van der Waals surface area contributed by atoms with Gasteiger partial charge in [0.05, 0.1) is 0 Å². The van der Waals surface area contributed by atoms with Crippen molar-refractivity contribution in [2.24, 2.45) is 5.92 Å². The van der Waals surface area contributed by atoms with Crippen molar-refractivity contribution >= 4 is 36.4 Å². The number of rotatable bonds is 8. The minimum Gasteiger partial charge on any atom is -0.382 e. The van der Waals surface area contributed by atoms with E-state index in [0.717, 1.165) is 29.9 Å². The molecule has 0 spiro atoms. The summed E-state index contributed by atoms with van der Waals surface area (Å²) < 4.78 is 0. The highest BCUT2D eigenvalue weighted by atomic mass is 35.5. The molecule has 0 saturated heterocycles. The summed E-state index contributed by atoms with van der Waals surface area (Å²) in [6, 6.07) is 6.21. The first kappa shape index (κ1) is 24.3. The van der Waals surface area contributed by atoms with Crippen LogP contribution in [0.4, 0.5) is 5.69 Å². The molecule has 0 saturated carbocycles. The summed E-state index contributed by atoms with van der Waals surface area (Å²) in [6.07, 6.45) is 0. The molecule has 6 heteroatoms. The van der Waals surface area contributed by atoms with Crippen molar-refractivity contribution in [3.63, 3.8) is 0 Å². The molecular weight excluding hydrogens is 333 g/mol. The van der Waals surface area contributed by atoms with Gasteiger partial charge in [-0.25, -0.2) is 0 Å². The van der Waals surface area contributed by atoms with Crippen molar-refractivity contribution in [2.45, 2.75) is 40.7 Å². The molecule has 1 rings (SSSR count). The molecule has 0 aliphatic rings. The van der Waals surface area contributed by atoms with Crippen molar-refractivity contribution in [3.05, 3.63) is 29.3 Å². The van der Waals surface area contributed by atoms with Gasteiger partial charge in [-0.1, -0.05) is 26.8 Å². The van der Waals surface area contributed by atoms with Gasteiger partial charge in [0, 0.05) is 30.4 Å². The van der Waals surface area contributed by atoms with Crippen LogP contribution in [0.3, 0.4) is 0 Å². The lowest BCUT2D eigenvalue weighted by Gasteiger charge is -2.21. The van der Waals surface area contributed by atoms with E-state index in [1.807, 2.05) is 25.1 Å². The molecular formula is C17H31Cl2N3O. The van der Waals surface area contributed by atoms with Crippen LogP contribution in [-0.4, -0.2) is 31.6 Å². The van der Waals surface area contributed by atoms with E-state index in [1.165, 1.54) is 0 Å². The Morgan fingerprint density at radius 1 is 1.13 bits per heavy atom. The number of halogens is 2. The van der Waals surface area contributed by atoms with Gasteiger partial charge in [0.15, 0.2) is 0 Å². The van der Waals surface area contributed by atoms with E-state index in [0.29, 0.717) is 18.5 Å². The van der Waals surface area contributed by atoms with Gasteiger partial charge in [-0.3, -0.25) is 4.79 Å².